The molecule has 0 aliphatic carbocycles. The molecular weight excluding hydrogens is 685 g/mol. The van der Waals surface area contributed by atoms with Gasteiger partial charge in [-0.05, 0) is 77.0 Å². The molecule has 0 bridgehead atoms. The number of unbranched alkanes of at least 4 members (excludes halogenated alkanes) is 14. The summed E-state index contributed by atoms with van der Waals surface area (Å²) in [4.78, 5) is 45.7. The average Bonchev–Trinajstić information content (AvgIpc) is 3.12. The lowest BCUT2D eigenvalue weighted by Gasteiger charge is -2.20. The molecule has 0 amide bonds. The Hall–Kier alpha value is -2.56. The molecule has 0 aliphatic rings. The van der Waals surface area contributed by atoms with Crippen LogP contribution >= 0.6 is 7.82 Å². The Morgan fingerprint density at radius 2 is 1.02 bits per heavy atom. The summed E-state index contributed by atoms with van der Waals surface area (Å²) in [6.07, 6.45) is 37.6. The SMILES string of the molecule is CCCCC/C=C/C/C=C/C/C=C/CCCCC(=O)OC[C@H](COP(=O)(O)OC[C@H](N)C(=O)O)OC(=O)CCCCC/C=C/CCCCCCCC. The van der Waals surface area contributed by atoms with Crippen molar-refractivity contribution in [1.29, 1.82) is 0 Å². The first-order chi connectivity index (χ1) is 25.1. The van der Waals surface area contributed by atoms with E-state index in [0.29, 0.717) is 12.8 Å². The minimum Gasteiger partial charge on any atom is -0.480 e. The number of ether oxygens (including phenoxy) is 2. The van der Waals surface area contributed by atoms with Gasteiger partial charge in [-0.2, -0.15) is 0 Å². The molecule has 11 nitrogen and oxygen atoms in total. The highest BCUT2D eigenvalue weighted by Gasteiger charge is 2.28. The van der Waals surface area contributed by atoms with Crippen LogP contribution in [-0.2, 0) is 37.5 Å². The van der Waals surface area contributed by atoms with Gasteiger partial charge in [0.2, 0.25) is 0 Å². The zero-order chi connectivity index (χ0) is 38.5. The normalized spacial score (nSPS) is 14.4. The van der Waals surface area contributed by atoms with Crippen molar-refractivity contribution in [3.8, 4) is 0 Å². The third-order valence-corrected chi connectivity index (χ3v) is 9.00. The van der Waals surface area contributed by atoms with E-state index >= 15 is 0 Å². The number of hydrogen-bond acceptors (Lipinski definition) is 9. The van der Waals surface area contributed by atoms with Gasteiger partial charge in [-0.3, -0.25) is 23.4 Å². The van der Waals surface area contributed by atoms with E-state index < -0.39 is 51.1 Å². The fourth-order valence-corrected chi connectivity index (χ4v) is 5.67. The minimum atomic E-state index is -4.72. The lowest BCUT2D eigenvalue weighted by molar-refractivity contribution is -0.161. The molecule has 0 rings (SSSR count). The molecule has 0 aliphatic heterocycles. The maximum absolute atomic E-state index is 12.6. The Balaban J connectivity index is 4.53. The van der Waals surface area contributed by atoms with E-state index in [1.807, 2.05) is 0 Å². The van der Waals surface area contributed by atoms with E-state index in [4.69, 9.17) is 24.8 Å². The molecule has 0 aromatic rings. The van der Waals surface area contributed by atoms with Crippen molar-refractivity contribution in [2.75, 3.05) is 19.8 Å². The average molecular weight is 756 g/mol. The molecule has 0 radical (unpaired) electrons. The summed E-state index contributed by atoms with van der Waals surface area (Å²) in [5, 5.41) is 8.86. The predicted octanol–water partition coefficient (Wildman–Crippen LogP) is 9.83. The van der Waals surface area contributed by atoms with E-state index in [9.17, 15) is 23.8 Å². The van der Waals surface area contributed by atoms with Crippen molar-refractivity contribution < 1.29 is 47.5 Å². The molecule has 1 unspecified atom stereocenters. The molecule has 52 heavy (non-hydrogen) atoms. The minimum absolute atomic E-state index is 0.131. The number of rotatable bonds is 36. The number of carboxylic acids is 1. The predicted molar refractivity (Wildman–Crippen MR) is 208 cm³/mol. The number of carbonyl (C=O) groups is 3. The first kappa shape index (κ1) is 49.4. The maximum atomic E-state index is 12.6. The highest BCUT2D eigenvalue weighted by atomic mass is 31.2. The summed E-state index contributed by atoms with van der Waals surface area (Å²) in [7, 11) is -4.72. The zero-order valence-corrected chi connectivity index (χ0v) is 33.0. The molecule has 300 valence electrons. The third-order valence-electron chi connectivity index (χ3n) is 8.05. The number of phosphoric acid groups is 1. The second-order valence-corrected chi connectivity index (χ2v) is 14.5. The van der Waals surface area contributed by atoms with Gasteiger partial charge < -0.3 is 25.2 Å². The van der Waals surface area contributed by atoms with Gasteiger partial charge in [-0.15, -0.1) is 0 Å². The molecule has 0 fully saturated rings. The van der Waals surface area contributed by atoms with Crippen molar-refractivity contribution in [2.24, 2.45) is 5.73 Å². The zero-order valence-electron chi connectivity index (χ0n) is 32.1. The summed E-state index contributed by atoms with van der Waals surface area (Å²) in [6.45, 7) is 2.68. The summed E-state index contributed by atoms with van der Waals surface area (Å²) < 4.78 is 32.5. The molecule has 0 aromatic carbocycles. The quantitative estimate of drug-likeness (QED) is 0.0241. The molecule has 0 spiro atoms. The summed E-state index contributed by atoms with van der Waals surface area (Å²) >= 11 is 0. The number of aliphatic carboxylic acids is 1. The summed E-state index contributed by atoms with van der Waals surface area (Å²) in [5.74, 6) is -2.45. The molecule has 0 heterocycles. The Kier molecular flexibility index (Phi) is 33.7. The van der Waals surface area contributed by atoms with Crippen molar-refractivity contribution in [3.63, 3.8) is 0 Å². The molecule has 0 saturated heterocycles. The monoisotopic (exact) mass is 755 g/mol. The van der Waals surface area contributed by atoms with Crippen molar-refractivity contribution >= 4 is 25.7 Å². The van der Waals surface area contributed by atoms with E-state index in [0.717, 1.165) is 57.8 Å². The van der Waals surface area contributed by atoms with Crippen LogP contribution in [0.5, 0.6) is 0 Å². The van der Waals surface area contributed by atoms with Gasteiger partial charge in [0.1, 0.15) is 12.6 Å². The molecule has 12 heteroatoms. The second-order valence-electron chi connectivity index (χ2n) is 13.1. The van der Waals surface area contributed by atoms with Crippen LogP contribution in [0.1, 0.15) is 155 Å². The van der Waals surface area contributed by atoms with Crippen LogP contribution in [0.25, 0.3) is 0 Å². The number of allylic oxidation sites excluding steroid dienone is 8. The molecule has 3 atom stereocenters. The van der Waals surface area contributed by atoms with E-state index in [2.05, 4.69) is 67.0 Å². The number of carboxylic acid groups (broad SMARTS) is 1. The van der Waals surface area contributed by atoms with Crippen molar-refractivity contribution in [3.05, 3.63) is 48.6 Å². The number of esters is 2. The van der Waals surface area contributed by atoms with Crippen LogP contribution in [-0.4, -0.2) is 59.9 Å². The Labute approximate surface area is 314 Å². The van der Waals surface area contributed by atoms with E-state index in [-0.39, 0.29) is 19.4 Å². The van der Waals surface area contributed by atoms with Gasteiger partial charge in [0.25, 0.3) is 0 Å². The van der Waals surface area contributed by atoms with Crippen molar-refractivity contribution in [1.82, 2.24) is 0 Å². The first-order valence-corrected chi connectivity index (χ1v) is 21.2. The van der Waals surface area contributed by atoms with Gasteiger partial charge >= 0.3 is 25.7 Å². The van der Waals surface area contributed by atoms with Crippen LogP contribution in [0.4, 0.5) is 0 Å². The number of nitrogens with two attached hydrogens (primary N) is 1. The van der Waals surface area contributed by atoms with Gasteiger partial charge in [-0.25, -0.2) is 4.57 Å². The van der Waals surface area contributed by atoms with Crippen LogP contribution in [0, 0.1) is 0 Å². The van der Waals surface area contributed by atoms with E-state index in [1.165, 1.54) is 57.8 Å². The van der Waals surface area contributed by atoms with Crippen LogP contribution in [0.15, 0.2) is 48.6 Å². The summed E-state index contributed by atoms with van der Waals surface area (Å²) in [5.41, 5.74) is 5.31. The van der Waals surface area contributed by atoms with Gasteiger partial charge in [0, 0.05) is 12.8 Å². The van der Waals surface area contributed by atoms with Gasteiger partial charge in [0.05, 0.1) is 13.2 Å². The van der Waals surface area contributed by atoms with Crippen LogP contribution in [0.2, 0.25) is 0 Å². The fraction of sp³-hybridized carbons (Fsp3) is 0.725. The van der Waals surface area contributed by atoms with Crippen molar-refractivity contribution in [2.45, 2.75) is 167 Å². The number of hydrogen-bond donors (Lipinski definition) is 3. The van der Waals surface area contributed by atoms with Gasteiger partial charge in [-0.1, -0.05) is 114 Å². The molecule has 0 saturated carbocycles. The lowest BCUT2D eigenvalue weighted by atomic mass is 10.1. The number of phosphoric ester groups is 1. The Morgan fingerprint density at radius 1 is 0.596 bits per heavy atom. The first-order valence-electron chi connectivity index (χ1n) is 19.7. The molecule has 4 N–H and O–H groups in total. The van der Waals surface area contributed by atoms with E-state index in [1.54, 1.807) is 0 Å². The third kappa shape index (κ3) is 34.5. The van der Waals surface area contributed by atoms with Crippen LogP contribution in [0.3, 0.4) is 0 Å². The lowest BCUT2D eigenvalue weighted by Crippen LogP contribution is -2.34. The topological polar surface area (TPSA) is 172 Å². The standard InChI is InChI=1S/C40H70NO10P/c1-3-5-7-9-11-13-15-17-18-20-21-23-25-27-29-31-38(42)48-33-36(34-49-52(46,47)50-35-37(41)40(44)45)51-39(43)32-30-28-26-24-22-19-16-14-12-10-8-6-4-2/h11,13,17-19,21-23,36-37H,3-10,12,14-16,20,24-35,41H2,1-2H3,(H,44,45)(H,46,47)/b13-11+,18-17+,22-19+,23-21+/t36-,37+/m1/s1. The highest BCUT2D eigenvalue weighted by Crippen LogP contribution is 2.43. The molecular formula is C40H70NO10P. The Morgan fingerprint density at radius 3 is 1.62 bits per heavy atom. The Bertz CT molecular complexity index is 1070. The maximum Gasteiger partial charge on any atom is 0.472 e. The second kappa shape index (κ2) is 35.5. The summed E-state index contributed by atoms with van der Waals surface area (Å²) in [6, 6.07) is -1.53. The highest BCUT2D eigenvalue weighted by molar-refractivity contribution is 7.47. The van der Waals surface area contributed by atoms with Gasteiger partial charge in [0.15, 0.2) is 6.10 Å². The van der Waals surface area contributed by atoms with Crippen LogP contribution < -0.4 is 5.73 Å². The number of carbonyl (C=O) groups excluding carboxylic acids is 2. The smallest absolute Gasteiger partial charge is 0.472 e. The molecule has 0 aromatic heterocycles. The fourth-order valence-electron chi connectivity index (χ4n) is 4.89. The largest absolute Gasteiger partial charge is 0.480 e.